The largest absolute Gasteiger partial charge is 0.481 e. The van der Waals surface area contributed by atoms with E-state index in [1.54, 1.807) is 19.9 Å². The molecule has 4 nitrogen and oxygen atoms in total. The van der Waals surface area contributed by atoms with Gasteiger partial charge in [0, 0.05) is 26.2 Å². The Morgan fingerprint density at radius 1 is 0.892 bits per heavy atom. The highest BCUT2D eigenvalue weighted by Gasteiger charge is 2.31. The van der Waals surface area contributed by atoms with Crippen LogP contribution >= 0.6 is 0 Å². The van der Waals surface area contributed by atoms with Gasteiger partial charge >= 0.3 is 12.1 Å². The maximum atomic E-state index is 13.4. The van der Waals surface area contributed by atoms with Gasteiger partial charge in [0.1, 0.15) is 0 Å². The number of hydrogen-bond donors (Lipinski definition) is 2. The van der Waals surface area contributed by atoms with Crippen molar-refractivity contribution in [2.75, 3.05) is 13.1 Å². The fourth-order valence-electron chi connectivity index (χ4n) is 4.27. The number of nitrogens with zero attached hydrogens (tertiary/aromatic N) is 1. The predicted molar refractivity (Wildman–Crippen MR) is 140 cm³/mol. The van der Waals surface area contributed by atoms with Gasteiger partial charge in [-0.25, -0.2) is 0 Å². The summed E-state index contributed by atoms with van der Waals surface area (Å²) in [6.07, 6.45) is -3.56. The summed E-state index contributed by atoms with van der Waals surface area (Å²) in [5, 5.41) is 12.7. The minimum atomic E-state index is -4.39. The van der Waals surface area contributed by atoms with Gasteiger partial charge in [-0.1, -0.05) is 65.7 Å². The highest BCUT2D eigenvalue weighted by molar-refractivity contribution is 5.75. The molecule has 0 saturated heterocycles. The lowest BCUT2D eigenvalue weighted by Gasteiger charge is -2.24. The molecule has 0 aliphatic rings. The summed E-state index contributed by atoms with van der Waals surface area (Å²) in [6.45, 7) is 8.55. The number of aryl methyl sites for hydroxylation is 2. The molecule has 3 rings (SSSR count). The van der Waals surface area contributed by atoms with Crippen molar-refractivity contribution in [1.82, 2.24) is 10.2 Å². The van der Waals surface area contributed by atoms with E-state index in [2.05, 4.69) is 41.4 Å². The van der Waals surface area contributed by atoms with Gasteiger partial charge in [-0.05, 0) is 68.1 Å². The van der Waals surface area contributed by atoms with E-state index in [9.17, 15) is 23.1 Å². The zero-order chi connectivity index (χ0) is 27.0. The molecule has 0 aliphatic heterocycles. The van der Waals surface area contributed by atoms with Crippen molar-refractivity contribution in [3.05, 3.63) is 106 Å². The second kappa shape index (κ2) is 12.9. The van der Waals surface area contributed by atoms with Gasteiger partial charge < -0.3 is 10.4 Å². The van der Waals surface area contributed by atoms with Crippen molar-refractivity contribution in [2.24, 2.45) is 0 Å². The summed E-state index contributed by atoms with van der Waals surface area (Å²) < 4.78 is 40.1. The van der Waals surface area contributed by atoms with Crippen LogP contribution in [0.3, 0.4) is 0 Å². The zero-order valence-corrected chi connectivity index (χ0v) is 21.6. The third-order valence-electron chi connectivity index (χ3n) is 6.40. The smallest absolute Gasteiger partial charge is 0.416 e. The van der Waals surface area contributed by atoms with Gasteiger partial charge in [-0.3, -0.25) is 9.69 Å². The van der Waals surface area contributed by atoms with E-state index in [1.165, 1.54) is 23.3 Å². The molecule has 3 aromatic carbocycles. The molecule has 0 bridgehead atoms. The summed E-state index contributed by atoms with van der Waals surface area (Å²) in [6, 6.07) is 20.0. The molecule has 2 N–H and O–H groups in total. The Morgan fingerprint density at radius 3 is 2.14 bits per heavy atom. The Labute approximate surface area is 217 Å². The lowest BCUT2D eigenvalue weighted by Crippen LogP contribution is -2.27. The normalized spacial score (nSPS) is 12.6. The van der Waals surface area contributed by atoms with Crippen LogP contribution in [0.15, 0.2) is 66.7 Å². The number of benzene rings is 3. The van der Waals surface area contributed by atoms with Crippen molar-refractivity contribution in [2.45, 2.75) is 58.9 Å². The molecule has 37 heavy (non-hydrogen) atoms. The molecule has 1 unspecified atom stereocenters. The highest BCUT2D eigenvalue weighted by atomic mass is 19.4. The lowest BCUT2D eigenvalue weighted by molar-refractivity contribution is -0.139. The van der Waals surface area contributed by atoms with Crippen molar-refractivity contribution in [3.8, 4) is 0 Å². The number of alkyl halides is 3. The summed E-state index contributed by atoms with van der Waals surface area (Å²) >= 11 is 0. The van der Waals surface area contributed by atoms with Crippen molar-refractivity contribution in [1.29, 1.82) is 0 Å². The quantitative estimate of drug-likeness (QED) is 0.266. The van der Waals surface area contributed by atoms with Gasteiger partial charge in [0.2, 0.25) is 0 Å². The average molecular weight is 513 g/mol. The maximum absolute atomic E-state index is 13.4. The monoisotopic (exact) mass is 512 g/mol. The third-order valence-corrected chi connectivity index (χ3v) is 6.40. The maximum Gasteiger partial charge on any atom is 0.416 e. The Hall–Kier alpha value is -3.16. The van der Waals surface area contributed by atoms with E-state index in [-0.39, 0.29) is 0 Å². The number of hydrogen-bond acceptors (Lipinski definition) is 3. The molecule has 0 saturated carbocycles. The average Bonchev–Trinajstić information content (AvgIpc) is 2.84. The van der Waals surface area contributed by atoms with Crippen LogP contribution in [0.5, 0.6) is 0 Å². The number of carboxylic acid groups (broad SMARTS) is 1. The topological polar surface area (TPSA) is 52.6 Å². The Balaban J connectivity index is 1.67. The van der Waals surface area contributed by atoms with Crippen LogP contribution in [0.1, 0.15) is 58.2 Å². The molecule has 0 fully saturated rings. The van der Waals surface area contributed by atoms with Crippen molar-refractivity contribution >= 4 is 5.97 Å². The van der Waals surface area contributed by atoms with E-state index < -0.39 is 23.6 Å². The van der Waals surface area contributed by atoms with Crippen LogP contribution < -0.4 is 5.32 Å². The molecule has 0 radical (unpaired) electrons. The first-order valence-electron chi connectivity index (χ1n) is 12.5. The molecule has 0 aromatic heterocycles. The summed E-state index contributed by atoms with van der Waals surface area (Å²) in [7, 11) is 0. The van der Waals surface area contributed by atoms with E-state index in [1.807, 2.05) is 24.3 Å². The molecule has 0 aliphatic carbocycles. The van der Waals surface area contributed by atoms with E-state index >= 15 is 0 Å². The highest BCUT2D eigenvalue weighted by Crippen LogP contribution is 2.31. The van der Waals surface area contributed by atoms with Crippen LogP contribution in [0.4, 0.5) is 13.2 Å². The van der Waals surface area contributed by atoms with Gasteiger partial charge in [-0.15, -0.1) is 0 Å². The van der Waals surface area contributed by atoms with Crippen LogP contribution in [0.25, 0.3) is 0 Å². The van der Waals surface area contributed by atoms with Crippen molar-refractivity contribution in [3.63, 3.8) is 0 Å². The first-order chi connectivity index (χ1) is 17.5. The Bertz CT molecular complexity index is 1160. The zero-order valence-electron chi connectivity index (χ0n) is 21.6. The van der Waals surface area contributed by atoms with Gasteiger partial charge in [0.15, 0.2) is 0 Å². The molecule has 1 atom stereocenters. The van der Waals surface area contributed by atoms with Crippen LogP contribution in [-0.4, -0.2) is 29.1 Å². The predicted octanol–water partition coefficient (Wildman–Crippen LogP) is 6.69. The van der Waals surface area contributed by atoms with Gasteiger partial charge in [0.25, 0.3) is 0 Å². The SMILES string of the molecule is Cc1ccc(CNCCCN(Cc2ccc(C(C)C(=O)O)cc2)Cc2cc(C)cc(C(F)(F)F)c2)cc1. The van der Waals surface area contributed by atoms with E-state index in [0.29, 0.717) is 30.8 Å². The van der Waals surface area contributed by atoms with Gasteiger partial charge in [0.05, 0.1) is 11.5 Å². The molecule has 3 aromatic rings. The summed E-state index contributed by atoms with van der Waals surface area (Å²) in [5.74, 6) is -1.48. The number of nitrogens with one attached hydrogen (secondary N) is 1. The standard InChI is InChI=1S/C30H35F3N2O2/c1-21-5-7-24(8-6-21)18-34-13-4-14-35(19-25-9-11-27(12-10-25)23(3)29(36)37)20-26-15-22(2)16-28(17-26)30(31,32)33/h5-12,15-17,23,34H,4,13-14,18-20H2,1-3H3,(H,36,37). The minimum absolute atomic E-state index is 0.385. The third kappa shape index (κ3) is 9.02. The molecular formula is C30H35F3N2O2. The number of rotatable bonds is 12. The first kappa shape index (κ1) is 28.4. The van der Waals surface area contributed by atoms with Crippen molar-refractivity contribution < 1.29 is 23.1 Å². The number of carboxylic acids is 1. The molecule has 198 valence electrons. The second-order valence-electron chi connectivity index (χ2n) is 9.73. The lowest BCUT2D eigenvalue weighted by atomic mass is 10.00. The molecular weight excluding hydrogens is 477 g/mol. The van der Waals surface area contributed by atoms with Crippen LogP contribution in [0, 0.1) is 13.8 Å². The Kier molecular flexibility index (Phi) is 9.89. The summed E-state index contributed by atoms with van der Waals surface area (Å²) in [5.41, 5.74) is 4.70. The molecule has 7 heteroatoms. The van der Waals surface area contributed by atoms with Crippen LogP contribution in [0.2, 0.25) is 0 Å². The molecule has 0 spiro atoms. The van der Waals surface area contributed by atoms with Gasteiger partial charge in [-0.2, -0.15) is 13.2 Å². The number of halogens is 3. The minimum Gasteiger partial charge on any atom is -0.481 e. The number of aliphatic carboxylic acids is 1. The summed E-state index contributed by atoms with van der Waals surface area (Å²) in [4.78, 5) is 13.4. The molecule has 0 heterocycles. The first-order valence-corrected chi connectivity index (χ1v) is 12.5. The number of carbonyl (C=O) groups is 1. The second-order valence-corrected chi connectivity index (χ2v) is 9.73. The fourth-order valence-corrected chi connectivity index (χ4v) is 4.27. The fraction of sp³-hybridized carbons (Fsp3) is 0.367. The Morgan fingerprint density at radius 2 is 1.51 bits per heavy atom. The van der Waals surface area contributed by atoms with E-state index in [4.69, 9.17) is 0 Å². The molecule has 0 amide bonds. The van der Waals surface area contributed by atoms with Crippen LogP contribution in [-0.2, 0) is 30.6 Å². The van der Waals surface area contributed by atoms with E-state index in [0.717, 1.165) is 30.6 Å².